The smallest absolute Gasteiger partial charge is 0.0702 e. The predicted molar refractivity (Wildman–Crippen MR) is 88.3 cm³/mol. The van der Waals surface area contributed by atoms with Crippen LogP contribution in [0, 0.1) is 13.8 Å². The Labute approximate surface area is 125 Å². The third-order valence-electron chi connectivity index (χ3n) is 4.30. The fourth-order valence-corrected chi connectivity index (χ4v) is 2.59. The molecule has 0 spiro atoms. The predicted octanol–water partition coefficient (Wildman–Crippen LogP) is 4.07. The van der Waals surface area contributed by atoms with E-state index in [9.17, 15) is 0 Å². The lowest BCUT2D eigenvalue weighted by molar-refractivity contribution is 0.601. The van der Waals surface area contributed by atoms with Crippen molar-refractivity contribution in [3.8, 4) is 0 Å². The maximum Gasteiger partial charge on any atom is 0.0702 e. The molecule has 2 heteroatoms. The van der Waals surface area contributed by atoms with E-state index >= 15 is 0 Å². The lowest BCUT2D eigenvalue weighted by Gasteiger charge is -2.26. The SMILES string of the molecule is Cc1ccc(C(C)(N)c2cnc3ccccc3c2)cc1C. The summed E-state index contributed by atoms with van der Waals surface area (Å²) < 4.78 is 0. The molecule has 0 saturated heterocycles. The Morgan fingerprint density at radius 3 is 2.43 bits per heavy atom. The van der Waals surface area contributed by atoms with E-state index in [1.807, 2.05) is 31.3 Å². The summed E-state index contributed by atoms with van der Waals surface area (Å²) in [6.07, 6.45) is 1.89. The van der Waals surface area contributed by atoms with Gasteiger partial charge in [0.15, 0.2) is 0 Å². The number of hydrogen-bond acceptors (Lipinski definition) is 2. The minimum atomic E-state index is -0.546. The van der Waals surface area contributed by atoms with Crippen LogP contribution >= 0.6 is 0 Å². The van der Waals surface area contributed by atoms with E-state index in [2.05, 4.69) is 49.2 Å². The molecule has 0 aliphatic heterocycles. The third kappa shape index (κ3) is 2.43. The Balaban J connectivity index is 2.12. The lowest BCUT2D eigenvalue weighted by atomic mass is 9.85. The number of hydrogen-bond donors (Lipinski definition) is 1. The maximum atomic E-state index is 6.63. The molecule has 3 aromatic rings. The van der Waals surface area contributed by atoms with Gasteiger partial charge in [-0.15, -0.1) is 0 Å². The average molecular weight is 276 g/mol. The number of benzene rings is 2. The van der Waals surface area contributed by atoms with Gasteiger partial charge in [0, 0.05) is 11.6 Å². The number of rotatable bonds is 2. The van der Waals surface area contributed by atoms with Crippen molar-refractivity contribution in [1.82, 2.24) is 4.98 Å². The van der Waals surface area contributed by atoms with Crippen LogP contribution in [0.5, 0.6) is 0 Å². The van der Waals surface area contributed by atoms with Crippen molar-refractivity contribution in [1.29, 1.82) is 0 Å². The highest BCUT2D eigenvalue weighted by Gasteiger charge is 2.24. The van der Waals surface area contributed by atoms with E-state index in [0.717, 1.165) is 22.0 Å². The van der Waals surface area contributed by atoms with Crippen molar-refractivity contribution < 1.29 is 0 Å². The van der Waals surface area contributed by atoms with Crippen LogP contribution < -0.4 is 5.73 Å². The van der Waals surface area contributed by atoms with E-state index in [1.165, 1.54) is 11.1 Å². The second-order valence-corrected chi connectivity index (χ2v) is 5.92. The molecule has 1 aromatic heterocycles. The van der Waals surface area contributed by atoms with Gasteiger partial charge in [-0.25, -0.2) is 0 Å². The Morgan fingerprint density at radius 1 is 0.905 bits per heavy atom. The second-order valence-electron chi connectivity index (χ2n) is 5.92. The summed E-state index contributed by atoms with van der Waals surface area (Å²) in [6.45, 7) is 6.28. The molecular weight excluding hydrogens is 256 g/mol. The van der Waals surface area contributed by atoms with Gasteiger partial charge in [0.1, 0.15) is 0 Å². The zero-order valence-electron chi connectivity index (χ0n) is 12.7. The van der Waals surface area contributed by atoms with Crippen LogP contribution in [0.1, 0.15) is 29.2 Å². The number of para-hydroxylation sites is 1. The van der Waals surface area contributed by atoms with Gasteiger partial charge in [-0.1, -0.05) is 36.4 Å². The van der Waals surface area contributed by atoms with Crippen molar-refractivity contribution in [2.45, 2.75) is 26.3 Å². The van der Waals surface area contributed by atoms with Crippen LogP contribution in [0.15, 0.2) is 54.7 Å². The van der Waals surface area contributed by atoms with Gasteiger partial charge >= 0.3 is 0 Å². The number of nitrogens with two attached hydrogens (primary N) is 1. The first kappa shape index (κ1) is 13.8. The Hall–Kier alpha value is -2.19. The zero-order chi connectivity index (χ0) is 15.0. The molecule has 0 aliphatic carbocycles. The van der Waals surface area contributed by atoms with Crippen LogP contribution in [-0.4, -0.2) is 4.98 Å². The summed E-state index contributed by atoms with van der Waals surface area (Å²) in [4.78, 5) is 4.53. The topological polar surface area (TPSA) is 38.9 Å². The fraction of sp³-hybridized carbons (Fsp3) is 0.211. The first-order valence-corrected chi connectivity index (χ1v) is 7.20. The van der Waals surface area contributed by atoms with Gasteiger partial charge in [0.2, 0.25) is 0 Å². The molecule has 3 rings (SSSR count). The Kier molecular flexibility index (Phi) is 3.26. The zero-order valence-corrected chi connectivity index (χ0v) is 12.7. The highest BCUT2D eigenvalue weighted by atomic mass is 14.8. The number of aryl methyl sites for hydroxylation is 2. The average Bonchev–Trinajstić information content (AvgIpc) is 2.49. The highest BCUT2D eigenvalue weighted by molar-refractivity contribution is 5.79. The molecule has 0 amide bonds. The largest absolute Gasteiger partial charge is 0.318 e. The molecule has 21 heavy (non-hydrogen) atoms. The maximum absolute atomic E-state index is 6.63. The van der Waals surface area contributed by atoms with Crippen molar-refractivity contribution >= 4 is 10.9 Å². The molecule has 0 bridgehead atoms. The molecule has 1 unspecified atom stereocenters. The Bertz CT molecular complexity index is 804. The van der Waals surface area contributed by atoms with E-state index < -0.39 is 5.54 Å². The summed E-state index contributed by atoms with van der Waals surface area (Å²) in [5.74, 6) is 0. The minimum absolute atomic E-state index is 0.546. The number of fused-ring (bicyclic) bond motifs is 1. The summed E-state index contributed by atoms with van der Waals surface area (Å²) in [5.41, 5.74) is 11.8. The molecular formula is C19H20N2. The van der Waals surface area contributed by atoms with Crippen LogP contribution in [0.3, 0.4) is 0 Å². The summed E-state index contributed by atoms with van der Waals surface area (Å²) in [7, 11) is 0. The monoisotopic (exact) mass is 276 g/mol. The molecule has 0 aliphatic rings. The van der Waals surface area contributed by atoms with Gasteiger partial charge in [0.05, 0.1) is 11.1 Å². The highest BCUT2D eigenvalue weighted by Crippen LogP contribution is 2.29. The summed E-state index contributed by atoms with van der Waals surface area (Å²) >= 11 is 0. The Morgan fingerprint density at radius 2 is 1.67 bits per heavy atom. The van der Waals surface area contributed by atoms with E-state index in [0.29, 0.717) is 0 Å². The van der Waals surface area contributed by atoms with Crippen LogP contribution in [0.2, 0.25) is 0 Å². The second kappa shape index (κ2) is 4.97. The van der Waals surface area contributed by atoms with Gasteiger partial charge in [0.25, 0.3) is 0 Å². The van der Waals surface area contributed by atoms with Crippen molar-refractivity contribution in [3.63, 3.8) is 0 Å². The normalized spacial score (nSPS) is 14.1. The van der Waals surface area contributed by atoms with E-state index in [1.54, 1.807) is 0 Å². The van der Waals surface area contributed by atoms with Crippen LogP contribution in [0.4, 0.5) is 0 Å². The van der Waals surface area contributed by atoms with Crippen LogP contribution in [0.25, 0.3) is 10.9 Å². The number of aromatic nitrogens is 1. The molecule has 0 fully saturated rings. The molecule has 2 N–H and O–H groups in total. The number of pyridine rings is 1. The summed E-state index contributed by atoms with van der Waals surface area (Å²) in [6, 6.07) is 16.7. The summed E-state index contributed by atoms with van der Waals surface area (Å²) in [5, 5.41) is 1.12. The van der Waals surface area contributed by atoms with Crippen molar-refractivity contribution in [2.75, 3.05) is 0 Å². The van der Waals surface area contributed by atoms with Crippen molar-refractivity contribution in [2.24, 2.45) is 5.73 Å². The molecule has 0 saturated carbocycles. The first-order valence-electron chi connectivity index (χ1n) is 7.20. The minimum Gasteiger partial charge on any atom is -0.318 e. The van der Waals surface area contributed by atoms with Gasteiger partial charge in [-0.2, -0.15) is 0 Å². The lowest BCUT2D eigenvalue weighted by Crippen LogP contribution is -2.34. The van der Waals surface area contributed by atoms with E-state index in [-0.39, 0.29) is 0 Å². The quantitative estimate of drug-likeness (QED) is 0.766. The van der Waals surface area contributed by atoms with E-state index in [4.69, 9.17) is 5.73 Å². The fourth-order valence-electron chi connectivity index (χ4n) is 2.59. The first-order chi connectivity index (χ1) is 9.98. The molecule has 2 nitrogen and oxygen atoms in total. The van der Waals surface area contributed by atoms with Crippen molar-refractivity contribution in [3.05, 3.63) is 77.0 Å². The molecule has 106 valence electrons. The standard InChI is InChI=1S/C19H20N2/c1-13-8-9-16(10-14(13)2)19(3,20)17-11-15-6-4-5-7-18(15)21-12-17/h4-12H,20H2,1-3H3. The van der Waals surface area contributed by atoms with Crippen LogP contribution in [-0.2, 0) is 5.54 Å². The van der Waals surface area contributed by atoms with Gasteiger partial charge in [-0.05, 0) is 55.2 Å². The molecule has 0 radical (unpaired) electrons. The van der Waals surface area contributed by atoms with Gasteiger partial charge < -0.3 is 5.73 Å². The molecule has 2 aromatic carbocycles. The molecule has 1 atom stereocenters. The van der Waals surface area contributed by atoms with Gasteiger partial charge in [-0.3, -0.25) is 4.98 Å². The molecule has 1 heterocycles. The number of nitrogens with zero attached hydrogens (tertiary/aromatic N) is 1. The third-order valence-corrected chi connectivity index (χ3v) is 4.30.